The van der Waals surface area contributed by atoms with Crippen LogP contribution < -0.4 is 15.4 Å². The van der Waals surface area contributed by atoms with Gasteiger partial charge in [0, 0.05) is 23.7 Å². The minimum Gasteiger partial charge on any atom is -0.493 e. The molecule has 0 saturated carbocycles. The first-order valence-electron chi connectivity index (χ1n) is 10.2. The maximum Gasteiger partial charge on any atom is 0.226 e. The summed E-state index contributed by atoms with van der Waals surface area (Å²) in [5.74, 6) is 0.729. The second-order valence-corrected chi connectivity index (χ2v) is 7.80. The zero-order chi connectivity index (χ0) is 21.4. The van der Waals surface area contributed by atoms with E-state index in [1.54, 1.807) is 6.07 Å². The number of rotatable bonds is 9. The van der Waals surface area contributed by atoms with E-state index in [4.69, 9.17) is 4.74 Å². The van der Waals surface area contributed by atoms with Gasteiger partial charge in [-0.25, -0.2) is 0 Å². The van der Waals surface area contributed by atoms with E-state index in [9.17, 15) is 9.59 Å². The van der Waals surface area contributed by atoms with E-state index < -0.39 is 0 Å². The van der Waals surface area contributed by atoms with Crippen LogP contribution in [0.25, 0.3) is 0 Å². The Kier molecular flexibility index (Phi) is 8.25. The van der Waals surface area contributed by atoms with Crippen LogP contribution in [0.4, 0.5) is 11.4 Å². The van der Waals surface area contributed by atoms with E-state index in [-0.39, 0.29) is 17.7 Å². The summed E-state index contributed by atoms with van der Waals surface area (Å²) in [6, 6.07) is 11.7. The summed E-state index contributed by atoms with van der Waals surface area (Å²) in [5.41, 5.74) is 4.66. The summed E-state index contributed by atoms with van der Waals surface area (Å²) in [4.78, 5) is 24.2. The summed E-state index contributed by atoms with van der Waals surface area (Å²) in [5, 5.41) is 5.81. The number of ether oxygens (including phenoxy) is 1. The molecule has 29 heavy (non-hydrogen) atoms. The molecule has 0 heterocycles. The number of amides is 2. The van der Waals surface area contributed by atoms with Gasteiger partial charge in [-0.05, 0) is 68.5 Å². The third-order valence-electron chi connectivity index (χ3n) is 4.70. The topological polar surface area (TPSA) is 67.4 Å². The molecule has 5 nitrogen and oxygen atoms in total. The highest BCUT2D eigenvalue weighted by Gasteiger charge is 2.10. The molecule has 0 unspecified atom stereocenters. The number of anilines is 2. The highest BCUT2D eigenvalue weighted by molar-refractivity contribution is 5.95. The normalized spacial score (nSPS) is 10.7. The van der Waals surface area contributed by atoms with Crippen molar-refractivity contribution in [3.8, 4) is 5.75 Å². The van der Waals surface area contributed by atoms with Crippen LogP contribution in [0, 0.1) is 26.7 Å². The zero-order valence-electron chi connectivity index (χ0n) is 18.1. The first-order valence-corrected chi connectivity index (χ1v) is 10.2. The molecular weight excluding hydrogens is 364 g/mol. The Hall–Kier alpha value is -2.82. The largest absolute Gasteiger partial charge is 0.493 e. The minimum absolute atomic E-state index is 0.0350. The number of aryl methyl sites for hydroxylation is 3. The van der Waals surface area contributed by atoms with Gasteiger partial charge in [0.2, 0.25) is 11.8 Å². The van der Waals surface area contributed by atoms with Crippen LogP contribution in [0.2, 0.25) is 0 Å². The Morgan fingerprint density at radius 2 is 1.66 bits per heavy atom. The molecule has 0 aromatic heterocycles. The molecule has 2 amide bonds. The predicted molar refractivity (Wildman–Crippen MR) is 119 cm³/mol. The van der Waals surface area contributed by atoms with Crippen LogP contribution in [0.15, 0.2) is 36.4 Å². The van der Waals surface area contributed by atoms with Crippen LogP contribution in [-0.4, -0.2) is 18.4 Å². The average Bonchev–Trinajstić information content (AvgIpc) is 2.66. The summed E-state index contributed by atoms with van der Waals surface area (Å²) in [7, 11) is 0. The van der Waals surface area contributed by atoms with Gasteiger partial charge in [0.1, 0.15) is 5.75 Å². The van der Waals surface area contributed by atoms with Crippen molar-refractivity contribution in [2.75, 3.05) is 17.2 Å². The molecule has 0 fully saturated rings. The molecule has 0 aliphatic carbocycles. The monoisotopic (exact) mass is 396 g/mol. The number of hydrogen-bond donors (Lipinski definition) is 2. The fourth-order valence-electron chi connectivity index (χ4n) is 2.77. The van der Waals surface area contributed by atoms with Crippen LogP contribution in [-0.2, 0) is 9.59 Å². The summed E-state index contributed by atoms with van der Waals surface area (Å²) >= 11 is 0. The Morgan fingerprint density at radius 1 is 0.931 bits per heavy atom. The van der Waals surface area contributed by atoms with Gasteiger partial charge in [-0.15, -0.1) is 0 Å². The van der Waals surface area contributed by atoms with Gasteiger partial charge in [0.25, 0.3) is 0 Å². The molecule has 2 aromatic carbocycles. The Morgan fingerprint density at radius 3 is 2.38 bits per heavy atom. The molecule has 0 aliphatic rings. The lowest BCUT2D eigenvalue weighted by Crippen LogP contribution is -2.18. The SMILES string of the molecule is Cc1ccc(C)c(OCCCCC(=O)Nc2cc(NC(=O)C(C)C)ccc2C)c1. The molecule has 156 valence electrons. The molecule has 0 atom stereocenters. The van der Waals surface area contributed by atoms with Gasteiger partial charge in [0.15, 0.2) is 0 Å². The van der Waals surface area contributed by atoms with Crippen LogP contribution in [0.5, 0.6) is 5.75 Å². The second kappa shape index (κ2) is 10.6. The van der Waals surface area contributed by atoms with Crippen molar-refractivity contribution in [1.82, 2.24) is 0 Å². The Labute approximate surface area is 173 Å². The van der Waals surface area contributed by atoms with Crippen molar-refractivity contribution in [3.05, 3.63) is 53.1 Å². The van der Waals surface area contributed by atoms with Gasteiger partial charge in [-0.1, -0.05) is 32.0 Å². The van der Waals surface area contributed by atoms with Crippen molar-refractivity contribution in [3.63, 3.8) is 0 Å². The van der Waals surface area contributed by atoms with Crippen molar-refractivity contribution < 1.29 is 14.3 Å². The van der Waals surface area contributed by atoms with Gasteiger partial charge >= 0.3 is 0 Å². The van der Waals surface area contributed by atoms with E-state index in [0.717, 1.165) is 35.4 Å². The maximum absolute atomic E-state index is 12.3. The van der Waals surface area contributed by atoms with Crippen molar-refractivity contribution in [2.24, 2.45) is 5.92 Å². The van der Waals surface area contributed by atoms with Crippen molar-refractivity contribution >= 4 is 23.2 Å². The predicted octanol–water partition coefficient (Wildman–Crippen LogP) is 5.39. The lowest BCUT2D eigenvalue weighted by atomic mass is 10.1. The number of unbranched alkanes of at least 4 members (excludes halogenated alkanes) is 1. The molecule has 0 radical (unpaired) electrons. The van der Waals surface area contributed by atoms with E-state index in [1.165, 1.54) is 5.56 Å². The fourth-order valence-corrected chi connectivity index (χ4v) is 2.77. The Bertz CT molecular complexity index is 859. The molecule has 2 rings (SSSR count). The summed E-state index contributed by atoms with van der Waals surface area (Å²) in [6.07, 6.45) is 1.99. The molecule has 2 aromatic rings. The quantitative estimate of drug-likeness (QED) is 0.558. The molecule has 0 bridgehead atoms. The number of hydrogen-bond acceptors (Lipinski definition) is 3. The smallest absolute Gasteiger partial charge is 0.226 e. The molecule has 2 N–H and O–H groups in total. The standard InChI is InChI=1S/C24H32N2O3/c1-16(2)24(28)25-20-12-11-18(4)21(15-20)26-23(27)8-6-7-13-29-22-14-17(3)9-10-19(22)5/h9-12,14-16H,6-8,13H2,1-5H3,(H,25,28)(H,26,27). The molecule has 0 aliphatic heterocycles. The molecule has 5 heteroatoms. The second-order valence-electron chi connectivity index (χ2n) is 7.80. The van der Waals surface area contributed by atoms with Gasteiger partial charge in [-0.3, -0.25) is 9.59 Å². The van der Waals surface area contributed by atoms with E-state index in [2.05, 4.69) is 22.8 Å². The lowest BCUT2D eigenvalue weighted by molar-refractivity contribution is -0.119. The fraction of sp³-hybridized carbons (Fsp3) is 0.417. The van der Waals surface area contributed by atoms with Crippen LogP contribution in [0.3, 0.4) is 0 Å². The average molecular weight is 397 g/mol. The third-order valence-corrected chi connectivity index (χ3v) is 4.70. The molecular formula is C24H32N2O3. The first-order chi connectivity index (χ1) is 13.8. The van der Waals surface area contributed by atoms with E-state index in [1.807, 2.05) is 52.8 Å². The van der Waals surface area contributed by atoms with Crippen LogP contribution >= 0.6 is 0 Å². The van der Waals surface area contributed by atoms with Gasteiger partial charge in [0.05, 0.1) is 6.61 Å². The Balaban J connectivity index is 1.78. The first kappa shape index (κ1) is 22.5. The highest BCUT2D eigenvalue weighted by Crippen LogP contribution is 2.22. The molecule has 0 saturated heterocycles. The van der Waals surface area contributed by atoms with Gasteiger partial charge < -0.3 is 15.4 Å². The third kappa shape index (κ3) is 7.26. The number of carbonyl (C=O) groups is 2. The number of nitrogens with one attached hydrogen (secondary N) is 2. The summed E-state index contributed by atoms with van der Waals surface area (Å²) in [6.45, 7) is 10.3. The van der Waals surface area contributed by atoms with Gasteiger partial charge in [-0.2, -0.15) is 0 Å². The van der Waals surface area contributed by atoms with E-state index >= 15 is 0 Å². The lowest BCUT2D eigenvalue weighted by Gasteiger charge is -2.13. The maximum atomic E-state index is 12.3. The van der Waals surface area contributed by atoms with Crippen molar-refractivity contribution in [2.45, 2.75) is 53.9 Å². The zero-order valence-corrected chi connectivity index (χ0v) is 18.1. The van der Waals surface area contributed by atoms with Crippen molar-refractivity contribution in [1.29, 1.82) is 0 Å². The summed E-state index contributed by atoms with van der Waals surface area (Å²) < 4.78 is 5.84. The number of carbonyl (C=O) groups excluding carboxylic acids is 2. The van der Waals surface area contributed by atoms with E-state index in [0.29, 0.717) is 18.7 Å². The van der Waals surface area contributed by atoms with Crippen LogP contribution in [0.1, 0.15) is 49.8 Å². The highest BCUT2D eigenvalue weighted by atomic mass is 16.5. The minimum atomic E-state index is -0.0971. The molecule has 0 spiro atoms. The number of benzene rings is 2.